The number of hydrogen-bond donors (Lipinski definition) is 0. The molecule has 2 aromatic rings. The fourth-order valence-corrected chi connectivity index (χ4v) is 3.96. The van der Waals surface area contributed by atoms with Crippen LogP contribution in [0.2, 0.25) is 0 Å². The molecule has 1 aromatic heterocycles. The van der Waals surface area contributed by atoms with Crippen molar-refractivity contribution in [1.82, 2.24) is 9.13 Å². The van der Waals surface area contributed by atoms with E-state index in [1.807, 2.05) is 45.0 Å². The molecule has 8 nitrogen and oxygen atoms in total. The minimum absolute atomic E-state index is 0.166. The minimum Gasteiger partial charge on any atom is -0.497 e. The fraction of sp³-hybridized carbons (Fsp3) is 0.524. The molecule has 0 radical (unpaired) electrons. The van der Waals surface area contributed by atoms with Crippen LogP contribution in [0.4, 0.5) is 0 Å². The van der Waals surface area contributed by atoms with Gasteiger partial charge in [-0.05, 0) is 31.5 Å². The van der Waals surface area contributed by atoms with E-state index in [1.54, 1.807) is 14.2 Å². The normalized spacial score (nSPS) is 20.1. The molecule has 8 heteroatoms. The van der Waals surface area contributed by atoms with Crippen LogP contribution in [0.3, 0.4) is 0 Å². The van der Waals surface area contributed by atoms with Crippen LogP contribution in [0.15, 0.2) is 33.9 Å². The van der Waals surface area contributed by atoms with Gasteiger partial charge in [-0.1, -0.05) is 19.1 Å². The Hall–Kier alpha value is -2.58. The molecule has 1 aliphatic heterocycles. The van der Waals surface area contributed by atoms with E-state index in [1.165, 1.54) is 11.6 Å². The summed E-state index contributed by atoms with van der Waals surface area (Å²) in [5.74, 6) is -1.32. The predicted molar refractivity (Wildman–Crippen MR) is 108 cm³/mol. The zero-order valence-electron chi connectivity index (χ0n) is 17.7. The Labute approximate surface area is 169 Å². The molecule has 3 rings (SSSR count). The van der Waals surface area contributed by atoms with Gasteiger partial charge in [-0.2, -0.15) is 0 Å². The average molecular weight is 404 g/mol. The highest BCUT2D eigenvalue weighted by atomic mass is 16.9. The molecule has 0 saturated heterocycles. The maximum absolute atomic E-state index is 13.1. The summed E-state index contributed by atoms with van der Waals surface area (Å²) in [6.07, 6.45) is 0. The van der Waals surface area contributed by atoms with E-state index in [9.17, 15) is 9.59 Å². The summed E-state index contributed by atoms with van der Waals surface area (Å²) in [4.78, 5) is 25.7. The molecule has 0 unspecified atom stereocenters. The lowest BCUT2D eigenvalue weighted by atomic mass is 9.79. The quantitative estimate of drug-likeness (QED) is 0.685. The van der Waals surface area contributed by atoms with Crippen molar-refractivity contribution in [1.29, 1.82) is 0 Å². The van der Waals surface area contributed by atoms with Crippen molar-refractivity contribution in [2.45, 2.75) is 32.7 Å². The van der Waals surface area contributed by atoms with Gasteiger partial charge in [-0.3, -0.25) is 13.9 Å². The molecule has 0 spiro atoms. The number of hydrogen-bond acceptors (Lipinski definition) is 6. The Morgan fingerprint density at radius 1 is 1.03 bits per heavy atom. The van der Waals surface area contributed by atoms with Crippen LogP contribution >= 0.6 is 0 Å². The van der Waals surface area contributed by atoms with Gasteiger partial charge in [0.25, 0.3) is 5.56 Å². The zero-order valence-corrected chi connectivity index (χ0v) is 17.7. The molecule has 0 amide bonds. The third kappa shape index (κ3) is 3.36. The van der Waals surface area contributed by atoms with Crippen molar-refractivity contribution in [3.05, 3.63) is 56.2 Å². The molecule has 0 N–H and O–H groups in total. The molecule has 0 aliphatic carbocycles. The van der Waals surface area contributed by atoms with Crippen LogP contribution in [0.25, 0.3) is 0 Å². The van der Waals surface area contributed by atoms with Crippen LogP contribution in [-0.4, -0.2) is 35.4 Å². The second-order valence-electron chi connectivity index (χ2n) is 7.04. The summed E-state index contributed by atoms with van der Waals surface area (Å²) in [6.45, 7) is 6.30. The molecule has 0 saturated carbocycles. The predicted octanol–water partition coefficient (Wildman–Crippen LogP) is 1.98. The van der Waals surface area contributed by atoms with Crippen molar-refractivity contribution < 1.29 is 18.9 Å². The second-order valence-corrected chi connectivity index (χ2v) is 7.04. The lowest BCUT2D eigenvalue weighted by Gasteiger charge is -2.45. The lowest BCUT2D eigenvalue weighted by Crippen LogP contribution is -2.56. The van der Waals surface area contributed by atoms with E-state index >= 15 is 0 Å². The van der Waals surface area contributed by atoms with Crippen LogP contribution in [0, 0.1) is 5.92 Å². The van der Waals surface area contributed by atoms with Gasteiger partial charge in [0.2, 0.25) is 5.88 Å². The number of rotatable bonds is 6. The molecule has 158 valence electrons. The second kappa shape index (κ2) is 8.04. The van der Waals surface area contributed by atoms with E-state index in [0.29, 0.717) is 24.5 Å². The van der Waals surface area contributed by atoms with Gasteiger partial charge < -0.3 is 18.9 Å². The third-order valence-electron chi connectivity index (χ3n) is 5.42. The molecule has 1 aliphatic rings. The van der Waals surface area contributed by atoms with Crippen molar-refractivity contribution in [3.8, 4) is 11.6 Å². The Morgan fingerprint density at radius 3 is 2.14 bits per heavy atom. The fourth-order valence-electron chi connectivity index (χ4n) is 3.96. The van der Waals surface area contributed by atoms with Gasteiger partial charge >= 0.3 is 11.7 Å². The first-order valence-corrected chi connectivity index (χ1v) is 9.72. The van der Waals surface area contributed by atoms with E-state index < -0.39 is 23.1 Å². The SMILES string of the molecule is CCOC1(OCC)Oc2c(c(=O)n(C)c(=O)n2C)[C@H](c2ccc(OC)cc2)[C@H]1C. The van der Waals surface area contributed by atoms with Gasteiger partial charge in [0.05, 0.1) is 31.8 Å². The zero-order chi connectivity index (χ0) is 21.3. The van der Waals surface area contributed by atoms with Gasteiger partial charge in [0.1, 0.15) is 5.75 Å². The molecule has 29 heavy (non-hydrogen) atoms. The van der Waals surface area contributed by atoms with Crippen molar-refractivity contribution in [3.63, 3.8) is 0 Å². The van der Waals surface area contributed by atoms with Gasteiger partial charge in [-0.15, -0.1) is 0 Å². The smallest absolute Gasteiger partial charge is 0.333 e. The average Bonchev–Trinajstić information content (AvgIpc) is 2.72. The molecular formula is C21H28N2O6. The topological polar surface area (TPSA) is 80.9 Å². The van der Waals surface area contributed by atoms with Crippen molar-refractivity contribution in [2.24, 2.45) is 20.0 Å². The van der Waals surface area contributed by atoms with Gasteiger partial charge in [0.15, 0.2) is 0 Å². The third-order valence-corrected chi connectivity index (χ3v) is 5.42. The Bertz CT molecular complexity index is 986. The Kier molecular flexibility index (Phi) is 5.86. The van der Waals surface area contributed by atoms with Crippen LogP contribution in [0.5, 0.6) is 11.6 Å². The van der Waals surface area contributed by atoms with E-state index in [2.05, 4.69) is 0 Å². The molecule has 0 bridgehead atoms. The Balaban J connectivity index is 2.32. The summed E-state index contributed by atoms with van der Waals surface area (Å²) < 4.78 is 25.7. The maximum Gasteiger partial charge on any atom is 0.333 e. The first-order chi connectivity index (χ1) is 13.8. The number of benzene rings is 1. The number of aromatic nitrogens is 2. The largest absolute Gasteiger partial charge is 0.497 e. The number of fused-ring (bicyclic) bond motifs is 1. The number of methoxy groups -OCH3 is 1. The van der Waals surface area contributed by atoms with Gasteiger partial charge in [0, 0.05) is 20.0 Å². The number of nitrogens with zero attached hydrogens (tertiary/aromatic N) is 2. The maximum atomic E-state index is 13.1. The Morgan fingerprint density at radius 2 is 1.62 bits per heavy atom. The standard InChI is InChI=1S/C21H28N2O6/c1-7-27-21(28-8-2)13(3)16(14-9-11-15(26-6)12-10-14)17-18(24)22(4)20(25)23(5)19(17)29-21/h9-13,16H,7-8H2,1-6H3/t13-,16+/m1/s1. The first kappa shape index (κ1) is 21.1. The van der Waals surface area contributed by atoms with Crippen molar-refractivity contribution in [2.75, 3.05) is 20.3 Å². The highest BCUT2D eigenvalue weighted by Gasteiger charge is 2.52. The monoisotopic (exact) mass is 404 g/mol. The molecule has 2 atom stereocenters. The number of ether oxygens (including phenoxy) is 4. The minimum atomic E-state index is -1.42. The van der Waals surface area contributed by atoms with Crippen LogP contribution in [0.1, 0.15) is 37.8 Å². The van der Waals surface area contributed by atoms with Gasteiger partial charge in [-0.25, -0.2) is 4.79 Å². The summed E-state index contributed by atoms with van der Waals surface area (Å²) >= 11 is 0. The summed E-state index contributed by atoms with van der Waals surface area (Å²) in [5.41, 5.74) is 0.417. The summed E-state index contributed by atoms with van der Waals surface area (Å²) in [5, 5.41) is 0. The first-order valence-electron chi connectivity index (χ1n) is 9.72. The molecular weight excluding hydrogens is 376 g/mol. The van der Waals surface area contributed by atoms with E-state index in [4.69, 9.17) is 18.9 Å². The van der Waals surface area contributed by atoms with Crippen LogP contribution < -0.4 is 20.7 Å². The van der Waals surface area contributed by atoms with E-state index in [0.717, 1.165) is 10.1 Å². The van der Waals surface area contributed by atoms with Crippen molar-refractivity contribution >= 4 is 0 Å². The highest BCUT2D eigenvalue weighted by molar-refractivity contribution is 5.42. The summed E-state index contributed by atoms with van der Waals surface area (Å²) in [6, 6.07) is 7.49. The van der Waals surface area contributed by atoms with E-state index in [-0.39, 0.29) is 11.8 Å². The molecule has 2 heterocycles. The summed E-state index contributed by atoms with van der Waals surface area (Å²) in [7, 11) is 4.64. The highest BCUT2D eigenvalue weighted by Crippen LogP contribution is 2.47. The lowest BCUT2D eigenvalue weighted by molar-refractivity contribution is -0.373. The van der Waals surface area contributed by atoms with Crippen LogP contribution in [-0.2, 0) is 23.6 Å². The molecule has 0 fully saturated rings. The molecule has 1 aromatic carbocycles.